The van der Waals surface area contributed by atoms with Crippen LogP contribution in [0.3, 0.4) is 0 Å². The van der Waals surface area contributed by atoms with Crippen molar-refractivity contribution >= 4 is 29.9 Å². The molecule has 4 nitrogen and oxygen atoms in total. The van der Waals surface area contributed by atoms with Gasteiger partial charge in [0, 0.05) is 16.8 Å². The number of nitrogens with one attached hydrogen (secondary N) is 1. The Balaban J connectivity index is 0.000000336. The first-order valence-corrected chi connectivity index (χ1v) is 9.51. The Labute approximate surface area is 170 Å². The molecule has 1 fully saturated rings. The summed E-state index contributed by atoms with van der Waals surface area (Å²) < 4.78 is 45.1. The maximum atomic E-state index is 12.9. The topological polar surface area (TPSA) is 62.1 Å². The maximum absolute atomic E-state index is 12.9. The van der Waals surface area contributed by atoms with Crippen LogP contribution in [0.25, 0.3) is 0 Å². The van der Waals surface area contributed by atoms with Gasteiger partial charge >= 0.3 is 6.18 Å². The molecule has 28 heavy (non-hydrogen) atoms. The van der Waals surface area contributed by atoms with Crippen LogP contribution in [0.5, 0.6) is 5.75 Å². The molecule has 150 valence electrons. The molecule has 1 aliphatic rings. The Morgan fingerprint density at radius 3 is 2.39 bits per heavy atom. The van der Waals surface area contributed by atoms with E-state index < -0.39 is 28.8 Å². The van der Waals surface area contributed by atoms with Crippen molar-refractivity contribution in [1.82, 2.24) is 5.32 Å². The van der Waals surface area contributed by atoms with Gasteiger partial charge in [0.2, 0.25) is 0 Å². The minimum Gasteiger partial charge on any atom is -0.480 e. The summed E-state index contributed by atoms with van der Waals surface area (Å²) in [5.41, 5.74) is -2.08. The average Bonchev–Trinajstić information content (AvgIpc) is 3.10. The molecule has 9 heteroatoms. The number of ether oxygens (including phenoxy) is 1. The van der Waals surface area contributed by atoms with Crippen molar-refractivity contribution in [1.29, 1.82) is 5.26 Å². The highest BCUT2D eigenvalue weighted by molar-refractivity contribution is 7.82. The van der Waals surface area contributed by atoms with Gasteiger partial charge in [0.25, 0.3) is 5.91 Å². The molecule has 1 aliphatic heterocycles. The Bertz CT molecular complexity index is 885. The molecule has 1 unspecified atom stereocenters. The third-order valence-corrected chi connectivity index (χ3v) is 5.29. The van der Waals surface area contributed by atoms with E-state index in [4.69, 9.17) is 10.00 Å². The van der Waals surface area contributed by atoms with Crippen molar-refractivity contribution in [2.75, 3.05) is 6.54 Å². The van der Waals surface area contributed by atoms with Crippen molar-refractivity contribution < 1.29 is 22.7 Å². The van der Waals surface area contributed by atoms with Crippen molar-refractivity contribution in [2.45, 2.75) is 37.3 Å². The Morgan fingerprint density at radius 2 is 2.00 bits per heavy atom. The molecular formula is C19H19F3N2O2S2. The van der Waals surface area contributed by atoms with E-state index in [1.54, 1.807) is 25.2 Å². The van der Waals surface area contributed by atoms with Gasteiger partial charge in [0.05, 0.1) is 21.4 Å². The normalized spacial score (nSPS) is 17.9. The molecular weight excluding hydrogens is 409 g/mol. The van der Waals surface area contributed by atoms with Crippen LogP contribution in [-0.4, -0.2) is 18.6 Å². The summed E-state index contributed by atoms with van der Waals surface area (Å²) in [7, 11) is 0. The lowest BCUT2D eigenvalue weighted by molar-refractivity contribution is -0.137. The monoisotopic (exact) mass is 428 g/mol. The van der Waals surface area contributed by atoms with Crippen LogP contribution in [0, 0.1) is 23.7 Å². The molecule has 0 aliphatic carbocycles. The van der Waals surface area contributed by atoms with Crippen LogP contribution in [0.1, 0.15) is 29.9 Å². The van der Waals surface area contributed by atoms with E-state index in [2.05, 4.69) is 30.9 Å². The van der Waals surface area contributed by atoms with Crippen LogP contribution in [0.4, 0.5) is 13.2 Å². The standard InChI is InChI=1S/C14H13F3N2O2.C5H6S2/c1-13(2)7-19-12(20)11(13)21-9-4-3-8(6-18)10(5-9)14(15,16)17;1-4-2-3-5(6)7-4/h3-5,11H,7H2,1-2H3,(H,19,20);2-3,6H,1H3. The number of aryl methyl sites for hydroxylation is 1. The van der Waals surface area contributed by atoms with Crippen molar-refractivity contribution in [3.8, 4) is 11.8 Å². The summed E-state index contributed by atoms with van der Waals surface area (Å²) in [5, 5.41) is 11.3. The molecule has 0 saturated carbocycles. The number of nitrogens with zero attached hydrogens (tertiary/aromatic N) is 1. The van der Waals surface area contributed by atoms with Gasteiger partial charge in [-0.1, -0.05) is 13.8 Å². The van der Waals surface area contributed by atoms with Gasteiger partial charge in [0.15, 0.2) is 6.10 Å². The lowest BCUT2D eigenvalue weighted by atomic mass is 9.89. The molecule has 1 aromatic heterocycles. The number of halogens is 3. The van der Waals surface area contributed by atoms with Gasteiger partial charge in [-0.05, 0) is 37.3 Å². The number of benzene rings is 1. The molecule has 1 N–H and O–H groups in total. The summed E-state index contributed by atoms with van der Waals surface area (Å²) in [6.07, 6.45) is -5.52. The molecule has 1 atom stereocenters. The molecule has 1 aromatic carbocycles. The van der Waals surface area contributed by atoms with Gasteiger partial charge in [0.1, 0.15) is 5.75 Å². The lowest BCUT2D eigenvalue weighted by Crippen LogP contribution is -2.36. The van der Waals surface area contributed by atoms with Crippen LogP contribution >= 0.6 is 24.0 Å². The number of carbonyl (C=O) groups is 1. The number of thiophene rings is 1. The summed E-state index contributed by atoms with van der Waals surface area (Å²) in [6.45, 7) is 6.02. The molecule has 0 spiro atoms. The third kappa shape index (κ3) is 5.42. The minimum atomic E-state index is -4.65. The Kier molecular flexibility index (Phi) is 6.67. The van der Waals surface area contributed by atoms with Gasteiger partial charge < -0.3 is 10.1 Å². The summed E-state index contributed by atoms with van der Waals surface area (Å²) >= 11 is 5.83. The van der Waals surface area contributed by atoms with Gasteiger partial charge in [-0.25, -0.2) is 0 Å². The lowest BCUT2D eigenvalue weighted by Gasteiger charge is -2.24. The SMILES string of the molecule is CC1(C)CNC(=O)C1Oc1ccc(C#N)c(C(F)(F)F)c1.Cc1ccc(S)s1. The molecule has 1 amide bonds. The largest absolute Gasteiger partial charge is 0.480 e. The highest BCUT2D eigenvalue weighted by atomic mass is 32.2. The predicted molar refractivity (Wildman–Crippen MR) is 104 cm³/mol. The average molecular weight is 429 g/mol. The molecule has 2 aromatic rings. The number of hydrogen-bond acceptors (Lipinski definition) is 5. The van der Waals surface area contributed by atoms with Crippen LogP contribution < -0.4 is 10.1 Å². The van der Waals surface area contributed by atoms with E-state index in [0.717, 1.165) is 16.3 Å². The first-order valence-electron chi connectivity index (χ1n) is 8.25. The second-order valence-electron chi connectivity index (χ2n) is 6.91. The van der Waals surface area contributed by atoms with E-state index in [9.17, 15) is 18.0 Å². The van der Waals surface area contributed by atoms with Gasteiger partial charge in [-0.2, -0.15) is 18.4 Å². The van der Waals surface area contributed by atoms with Crippen molar-refractivity contribution in [2.24, 2.45) is 5.41 Å². The van der Waals surface area contributed by atoms with Crippen LogP contribution in [-0.2, 0) is 11.0 Å². The maximum Gasteiger partial charge on any atom is 0.417 e. The van der Waals surface area contributed by atoms with E-state index in [1.165, 1.54) is 17.0 Å². The smallest absolute Gasteiger partial charge is 0.417 e. The van der Waals surface area contributed by atoms with Crippen molar-refractivity contribution in [3.63, 3.8) is 0 Å². The van der Waals surface area contributed by atoms with E-state index in [1.807, 2.05) is 6.07 Å². The Hall–Kier alpha value is -2.18. The summed E-state index contributed by atoms with van der Waals surface area (Å²) in [6, 6.07) is 8.61. The second-order valence-corrected chi connectivity index (χ2v) is 8.98. The van der Waals surface area contributed by atoms with E-state index in [0.29, 0.717) is 6.54 Å². The number of hydrogen-bond donors (Lipinski definition) is 2. The Morgan fingerprint density at radius 1 is 1.32 bits per heavy atom. The van der Waals surface area contributed by atoms with Gasteiger partial charge in [-0.15, -0.1) is 24.0 Å². The number of rotatable bonds is 2. The number of thiol groups is 1. The number of nitriles is 1. The molecule has 2 heterocycles. The second kappa shape index (κ2) is 8.45. The molecule has 3 rings (SSSR count). The fourth-order valence-electron chi connectivity index (χ4n) is 2.55. The first kappa shape index (κ1) is 22.1. The van der Waals surface area contributed by atoms with Gasteiger partial charge in [-0.3, -0.25) is 4.79 Å². The zero-order chi connectivity index (χ0) is 21.1. The fraction of sp³-hybridized carbons (Fsp3) is 0.368. The number of carbonyl (C=O) groups excluding carboxylic acids is 1. The summed E-state index contributed by atoms with van der Waals surface area (Å²) in [5.74, 6) is -0.450. The van der Waals surface area contributed by atoms with Crippen LogP contribution in [0.15, 0.2) is 34.5 Å². The predicted octanol–water partition coefficient (Wildman–Crippen LogP) is 4.83. The number of amides is 1. The van der Waals surface area contributed by atoms with E-state index in [-0.39, 0.29) is 11.7 Å². The van der Waals surface area contributed by atoms with E-state index >= 15 is 0 Å². The quantitative estimate of drug-likeness (QED) is 0.674. The fourth-order valence-corrected chi connectivity index (χ4v) is 3.66. The highest BCUT2D eigenvalue weighted by Gasteiger charge is 2.43. The highest BCUT2D eigenvalue weighted by Crippen LogP contribution is 2.36. The molecule has 0 radical (unpaired) electrons. The molecule has 1 saturated heterocycles. The minimum absolute atomic E-state index is 0.0866. The molecule has 0 bridgehead atoms. The zero-order valence-electron chi connectivity index (χ0n) is 15.4. The van der Waals surface area contributed by atoms with Crippen molar-refractivity contribution in [3.05, 3.63) is 46.3 Å². The number of alkyl halides is 3. The third-order valence-electron chi connectivity index (χ3n) is 4.06. The zero-order valence-corrected chi connectivity index (χ0v) is 17.1. The first-order chi connectivity index (χ1) is 12.9. The summed E-state index contributed by atoms with van der Waals surface area (Å²) in [4.78, 5) is 13.0. The van der Waals surface area contributed by atoms with Crippen LogP contribution in [0.2, 0.25) is 0 Å².